The number of terminal acetylenes is 1. The lowest BCUT2D eigenvalue weighted by atomic mass is 10.2. The molecular formula is C14H18N2O2. The molecule has 1 amide bonds. The number of aromatic nitrogens is 1. The normalized spacial score (nSPS) is 10.6. The van der Waals surface area contributed by atoms with Crippen molar-refractivity contribution in [3.8, 4) is 12.3 Å². The smallest absolute Gasteiger partial charge is 0.415 e. The van der Waals surface area contributed by atoms with E-state index < -0.39 is 11.7 Å². The van der Waals surface area contributed by atoms with Gasteiger partial charge in [0.1, 0.15) is 11.4 Å². The molecule has 96 valence electrons. The van der Waals surface area contributed by atoms with Crippen LogP contribution in [0.3, 0.4) is 0 Å². The van der Waals surface area contributed by atoms with Gasteiger partial charge in [0, 0.05) is 18.3 Å². The average Bonchev–Trinajstić information content (AvgIpc) is 2.28. The number of ether oxygens (including phenoxy) is 1. The minimum atomic E-state index is -0.534. The first-order valence-electron chi connectivity index (χ1n) is 5.80. The predicted octanol–water partition coefficient (Wildman–Crippen LogP) is 2.82. The lowest BCUT2D eigenvalue weighted by Crippen LogP contribution is -2.37. The predicted molar refractivity (Wildman–Crippen MR) is 71.4 cm³/mol. The summed E-state index contributed by atoms with van der Waals surface area (Å²) >= 11 is 0. The quantitative estimate of drug-likeness (QED) is 0.753. The number of amides is 1. The maximum absolute atomic E-state index is 12.0. The zero-order valence-electron chi connectivity index (χ0n) is 11.2. The Hall–Kier alpha value is -2.02. The number of carbonyl (C=O) groups excluding carboxylic acids is 1. The van der Waals surface area contributed by atoms with E-state index in [0.717, 1.165) is 0 Å². The molecule has 0 aliphatic rings. The van der Waals surface area contributed by atoms with Crippen LogP contribution in [0.15, 0.2) is 18.3 Å². The molecule has 0 bridgehead atoms. The van der Waals surface area contributed by atoms with Crippen LogP contribution in [0.5, 0.6) is 0 Å². The number of rotatable bonds is 2. The minimum Gasteiger partial charge on any atom is -0.443 e. The zero-order valence-corrected chi connectivity index (χ0v) is 11.2. The van der Waals surface area contributed by atoms with Gasteiger partial charge in [0.25, 0.3) is 0 Å². The van der Waals surface area contributed by atoms with Crippen molar-refractivity contribution in [2.75, 3.05) is 11.4 Å². The van der Waals surface area contributed by atoms with Crippen molar-refractivity contribution in [1.82, 2.24) is 4.98 Å². The number of carbonyl (C=O) groups is 1. The maximum Gasteiger partial charge on any atom is 0.415 e. The van der Waals surface area contributed by atoms with Crippen LogP contribution in [0, 0.1) is 12.3 Å². The van der Waals surface area contributed by atoms with Crippen LogP contribution < -0.4 is 4.90 Å². The molecule has 4 nitrogen and oxygen atoms in total. The highest BCUT2D eigenvalue weighted by Gasteiger charge is 2.22. The third kappa shape index (κ3) is 3.77. The number of anilines is 1. The van der Waals surface area contributed by atoms with E-state index in [2.05, 4.69) is 10.9 Å². The standard InChI is InChI=1S/C14H18N2O2/c1-6-11-8-9-15-12(10-11)16(7-2)13(17)18-14(3,4)5/h1,8-10H,7H2,2-5H3. The summed E-state index contributed by atoms with van der Waals surface area (Å²) in [6, 6.07) is 3.40. The number of pyridine rings is 1. The molecule has 0 aliphatic heterocycles. The van der Waals surface area contributed by atoms with Crippen LogP contribution in [-0.2, 0) is 4.74 Å². The summed E-state index contributed by atoms with van der Waals surface area (Å²) < 4.78 is 5.31. The third-order valence-electron chi connectivity index (χ3n) is 2.12. The molecule has 0 aromatic carbocycles. The van der Waals surface area contributed by atoms with Crippen molar-refractivity contribution in [1.29, 1.82) is 0 Å². The van der Waals surface area contributed by atoms with Gasteiger partial charge in [0.15, 0.2) is 0 Å². The second kappa shape index (κ2) is 5.54. The third-order valence-corrected chi connectivity index (χ3v) is 2.12. The summed E-state index contributed by atoms with van der Waals surface area (Å²) in [5, 5.41) is 0. The fourth-order valence-corrected chi connectivity index (χ4v) is 1.36. The van der Waals surface area contributed by atoms with Crippen LogP contribution in [0.2, 0.25) is 0 Å². The Kier molecular flexibility index (Phi) is 4.33. The molecule has 1 heterocycles. The molecule has 18 heavy (non-hydrogen) atoms. The van der Waals surface area contributed by atoms with E-state index in [9.17, 15) is 4.79 Å². The monoisotopic (exact) mass is 246 g/mol. The average molecular weight is 246 g/mol. The van der Waals surface area contributed by atoms with Gasteiger partial charge in [-0.05, 0) is 39.8 Å². The second-order valence-corrected chi connectivity index (χ2v) is 4.77. The number of hydrogen-bond donors (Lipinski definition) is 0. The number of nitrogens with zero attached hydrogens (tertiary/aromatic N) is 2. The SMILES string of the molecule is C#Cc1ccnc(N(CC)C(=O)OC(C)(C)C)c1. The molecule has 0 spiro atoms. The van der Waals surface area contributed by atoms with Crippen LogP contribution in [0.4, 0.5) is 10.6 Å². The molecule has 0 N–H and O–H groups in total. The van der Waals surface area contributed by atoms with Crippen molar-refractivity contribution in [2.24, 2.45) is 0 Å². The van der Waals surface area contributed by atoms with Crippen molar-refractivity contribution in [2.45, 2.75) is 33.3 Å². The molecule has 0 fully saturated rings. The Morgan fingerprint density at radius 1 is 1.56 bits per heavy atom. The van der Waals surface area contributed by atoms with Crippen molar-refractivity contribution < 1.29 is 9.53 Å². The Balaban J connectivity index is 2.96. The molecule has 1 rings (SSSR count). The van der Waals surface area contributed by atoms with Crippen molar-refractivity contribution in [3.63, 3.8) is 0 Å². The first-order chi connectivity index (χ1) is 8.37. The lowest BCUT2D eigenvalue weighted by molar-refractivity contribution is 0.0581. The van der Waals surface area contributed by atoms with Gasteiger partial charge in [0.05, 0.1) is 0 Å². The summed E-state index contributed by atoms with van der Waals surface area (Å²) in [6.07, 6.45) is 6.48. The van der Waals surface area contributed by atoms with E-state index in [1.54, 1.807) is 18.3 Å². The molecule has 4 heteroatoms. The molecule has 1 aromatic heterocycles. The number of hydrogen-bond acceptors (Lipinski definition) is 3. The summed E-state index contributed by atoms with van der Waals surface area (Å²) in [4.78, 5) is 17.6. The summed E-state index contributed by atoms with van der Waals surface area (Å²) in [5.74, 6) is 3.02. The Bertz CT molecular complexity index is 469. The zero-order chi connectivity index (χ0) is 13.8. The highest BCUT2D eigenvalue weighted by molar-refractivity contribution is 5.86. The van der Waals surface area contributed by atoms with E-state index in [4.69, 9.17) is 11.2 Å². The summed E-state index contributed by atoms with van der Waals surface area (Å²) in [7, 11) is 0. The molecule has 0 radical (unpaired) electrons. The highest BCUT2D eigenvalue weighted by atomic mass is 16.6. The Morgan fingerprint density at radius 2 is 2.22 bits per heavy atom. The van der Waals surface area contributed by atoms with Gasteiger partial charge in [-0.1, -0.05) is 5.92 Å². The molecular weight excluding hydrogens is 228 g/mol. The van der Waals surface area contributed by atoms with E-state index in [0.29, 0.717) is 17.9 Å². The first kappa shape index (κ1) is 14.0. The van der Waals surface area contributed by atoms with Gasteiger partial charge in [-0.3, -0.25) is 4.90 Å². The second-order valence-electron chi connectivity index (χ2n) is 4.77. The summed E-state index contributed by atoms with van der Waals surface area (Å²) in [6.45, 7) is 7.79. The topological polar surface area (TPSA) is 42.4 Å². The molecule has 1 aromatic rings. The van der Waals surface area contributed by atoms with Crippen LogP contribution >= 0.6 is 0 Å². The van der Waals surface area contributed by atoms with Crippen LogP contribution in [-0.4, -0.2) is 23.2 Å². The van der Waals surface area contributed by atoms with Gasteiger partial charge in [-0.2, -0.15) is 0 Å². The van der Waals surface area contributed by atoms with E-state index in [1.807, 2.05) is 27.7 Å². The molecule has 0 atom stereocenters. The van der Waals surface area contributed by atoms with Crippen LogP contribution in [0.1, 0.15) is 33.3 Å². The Morgan fingerprint density at radius 3 is 2.72 bits per heavy atom. The van der Waals surface area contributed by atoms with Gasteiger partial charge in [0.2, 0.25) is 0 Å². The van der Waals surface area contributed by atoms with Gasteiger partial charge in [-0.15, -0.1) is 6.42 Å². The maximum atomic E-state index is 12.0. The summed E-state index contributed by atoms with van der Waals surface area (Å²) in [5.41, 5.74) is 0.149. The van der Waals surface area contributed by atoms with E-state index in [-0.39, 0.29) is 0 Å². The van der Waals surface area contributed by atoms with Gasteiger partial charge >= 0.3 is 6.09 Å². The largest absolute Gasteiger partial charge is 0.443 e. The van der Waals surface area contributed by atoms with Gasteiger partial charge < -0.3 is 4.74 Å². The first-order valence-corrected chi connectivity index (χ1v) is 5.80. The molecule has 0 saturated carbocycles. The Labute approximate surface area is 108 Å². The van der Waals surface area contributed by atoms with Crippen molar-refractivity contribution in [3.05, 3.63) is 23.9 Å². The molecule has 0 unspecified atom stereocenters. The fraction of sp³-hybridized carbons (Fsp3) is 0.429. The lowest BCUT2D eigenvalue weighted by Gasteiger charge is -2.25. The van der Waals surface area contributed by atoms with Crippen LogP contribution in [0.25, 0.3) is 0 Å². The van der Waals surface area contributed by atoms with Crippen molar-refractivity contribution >= 4 is 11.9 Å². The van der Waals surface area contributed by atoms with Gasteiger partial charge in [-0.25, -0.2) is 9.78 Å². The van der Waals surface area contributed by atoms with E-state index >= 15 is 0 Å². The molecule has 0 saturated heterocycles. The highest BCUT2D eigenvalue weighted by Crippen LogP contribution is 2.16. The minimum absolute atomic E-state index is 0.424. The van der Waals surface area contributed by atoms with E-state index in [1.165, 1.54) is 4.90 Å². The molecule has 0 aliphatic carbocycles. The fourth-order valence-electron chi connectivity index (χ4n) is 1.36.